The van der Waals surface area contributed by atoms with Crippen LogP contribution in [0.25, 0.3) is 45.6 Å². The van der Waals surface area contributed by atoms with E-state index < -0.39 is 41.1 Å². The van der Waals surface area contributed by atoms with Crippen LogP contribution >= 0.6 is 0 Å². The SMILES string of the molecule is Cc1onc(-c2ccccc2)c1CNC(=O)C(O)c1ccc(-c2noc(-c3onc(-c4ccccc4)c3C(F)(F)F)n2)cc1. The summed E-state index contributed by atoms with van der Waals surface area (Å²) in [7, 11) is 0. The van der Waals surface area contributed by atoms with Crippen LogP contribution < -0.4 is 5.32 Å². The molecule has 44 heavy (non-hydrogen) atoms. The Morgan fingerprint density at radius 1 is 0.818 bits per heavy atom. The number of benzene rings is 3. The smallest absolute Gasteiger partial charge is 0.378 e. The molecule has 3 aromatic carbocycles. The molecular formula is C31H22F3N5O5. The summed E-state index contributed by atoms with van der Waals surface area (Å²) in [6, 6.07) is 23.1. The van der Waals surface area contributed by atoms with Crippen LogP contribution in [-0.4, -0.2) is 31.5 Å². The summed E-state index contributed by atoms with van der Waals surface area (Å²) in [5.74, 6) is -1.38. The van der Waals surface area contributed by atoms with Gasteiger partial charge in [0.2, 0.25) is 11.6 Å². The van der Waals surface area contributed by atoms with Gasteiger partial charge < -0.3 is 24.0 Å². The molecular weight excluding hydrogens is 579 g/mol. The molecule has 1 amide bonds. The van der Waals surface area contributed by atoms with Crippen LogP contribution in [0.3, 0.4) is 0 Å². The largest absolute Gasteiger partial charge is 0.422 e. The summed E-state index contributed by atoms with van der Waals surface area (Å²) >= 11 is 0. The van der Waals surface area contributed by atoms with Crippen LogP contribution in [0.5, 0.6) is 0 Å². The van der Waals surface area contributed by atoms with E-state index in [0.29, 0.717) is 22.6 Å². The number of halogens is 3. The molecule has 0 aliphatic rings. The van der Waals surface area contributed by atoms with E-state index in [1.807, 2.05) is 30.3 Å². The van der Waals surface area contributed by atoms with E-state index >= 15 is 0 Å². The third-order valence-corrected chi connectivity index (χ3v) is 6.85. The average Bonchev–Trinajstić information content (AvgIpc) is 3.79. The van der Waals surface area contributed by atoms with Crippen molar-refractivity contribution in [1.29, 1.82) is 0 Å². The van der Waals surface area contributed by atoms with Gasteiger partial charge in [-0.1, -0.05) is 100 Å². The standard InChI is InChI=1S/C31H22F3N5O5/c1-17-22(24(37-42-17)18-8-4-2-5-9-18)16-35-29(41)26(40)20-12-14-21(15-13-20)28-36-30(44-39-28)27-23(31(32,33)34)25(38-43-27)19-10-6-3-7-11-19/h2-15,26,40H,16H2,1H3,(H,35,41). The number of rotatable bonds is 8. The number of aliphatic hydroxyl groups is 1. The summed E-state index contributed by atoms with van der Waals surface area (Å²) < 4.78 is 57.5. The van der Waals surface area contributed by atoms with Crippen LogP contribution in [0.2, 0.25) is 0 Å². The number of nitrogens with zero attached hydrogens (tertiary/aromatic N) is 4. The highest BCUT2D eigenvalue weighted by molar-refractivity contribution is 5.82. The molecule has 1 atom stereocenters. The lowest BCUT2D eigenvalue weighted by atomic mass is 10.0. The molecule has 0 saturated heterocycles. The van der Waals surface area contributed by atoms with E-state index in [2.05, 4.69) is 25.8 Å². The highest BCUT2D eigenvalue weighted by Crippen LogP contribution is 2.43. The Kier molecular flexibility index (Phi) is 7.53. The number of alkyl halides is 3. The molecule has 6 rings (SSSR count). The number of aliphatic hydroxyl groups excluding tert-OH is 1. The first-order chi connectivity index (χ1) is 21.2. The Hall–Kier alpha value is -5.56. The summed E-state index contributed by atoms with van der Waals surface area (Å²) in [6.45, 7) is 1.81. The molecule has 3 aromatic heterocycles. The Morgan fingerprint density at radius 3 is 2.07 bits per heavy atom. The van der Waals surface area contributed by atoms with E-state index in [1.54, 1.807) is 25.1 Å². The molecule has 0 aliphatic heterocycles. The van der Waals surface area contributed by atoms with Crippen molar-refractivity contribution in [1.82, 2.24) is 25.8 Å². The first-order valence-electron chi connectivity index (χ1n) is 13.2. The quantitative estimate of drug-likeness (QED) is 0.203. The maximum Gasteiger partial charge on any atom is 0.422 e. The Morgan fingerprint density at radius 2 is 1.43 bits per heavy atom. The van der Waals surface area contributed by atoms with Gasteiger partial charge in [-0.15, -0.1) is 0 Å². The second-order valence-corrected chi connectivity index (χ2v) is 9.70. The fourth-order valence-electron chi connectivity index (χ4n) is 4.59. The van der Waals surface area contributed by atoms with Crippen LogP contribution in [-0.2, 0) is 17.5 Å². The predicted octanol–water partition coefficient (Wildman–Crippen LogP) is 6.39. The number of carbonyl (C=O) groups is 1. The van der Waals surface area contributed by atoms with Crippen molar-refractivity contribution in [2.24, 2.45) is 0 Å². The molecule has 2 N–H and O–H groups in total. The molecule has 0 saturated carbocycles. The van der Waals surface area contributed by atoms with Crippen molar-refractivity contribution in [2.75, 3.05) is 0 Å². The zero-order chi connectivity index (χ0) is 30.8. The summed E-state index contributed by atoms with van der Waals surface area (Å²) in [4.78, 5) is 16.8. The lowest BCUT2D eigenvalue weighted by Gasteiger charge is -2.12. The van der Waals surface area contributed by atoms with Crippen LogP contribution in [0.1, 0.15) is 28.6 Å². The number of amides is 1. The number of carbonyl (C=O) groups excluding carboxylic acids is 1. The fraction of sp³-hybridized carbons (Fsp3) is 0.129. The molecule has 0 aliphatic carbocycles. The van der Waals surface area contributed by atoms with Gasteiger partial charge in [0.05, 0.1) is 0 Å². The second kappa shape index (κ2) is 11.6. The highest BCUT2D eigenvalue weighted by atomic mass is 19.4. The Labute approximate surface area is 247 Å². The van der Waals surface area contributed by atoms with Gasteiger partial charge in [-0.25, -0.2) is 0 Å². The predicted molar refractivity (Wildman–Crippen MR) is 149 cm³/mol. The first-order valence-corrected chi connectivity index (χ1v) is 13.2. The van der Waals surface area contributed by atoms with Gasteiger partial charge in [0.25, 0.3) is 11.8 Å². The summed E-state index contributed by atoms with van der Waals surface area (Å²) in [6.07, 6.45) is -6.33. The van der Waals surface area contributed by atoms with E-state index in [9.17, 15) is 23.1 Å². The molecule has 1 unspecified atom stereocenters. The molecule has 6 aromatic rings. The molecule has 0 fully saturated rings. The summed E-state index contributed by atoms with van der Waals surface area (Å²) in [5.41, 5.74) is 1.38. The van der Waals surface area contributed by atoms with Gasteiger partial charge in [0, 0.05) is 28.8 Å². The van der Waals surface area contributed by atoms with Gasteiger partial charge in [0.15, 0.2) is 6.10 Å². The lowest BCUT2D eigenvalue weighted by Crippen LogP contribution is -2.29. The van der Waals surface area contributed by atoms with Gasteiger partial charge in [-0.3, -0.25) is 4.79 Å². The van der Waals surface area contributed by atoms with E-state index in [1.165, 1.54) is 36.4 Å². The normalized spacial score (nSPS) is 12.3. The Bertz CT molecular complexity index is 1900. The van der Waals surface area contributed by atoms with Crippen molar-refractivity contribution in [2.45, 2.75) is 25.7 Å². The van der Waals surface area contributed by atoms with Crippen LogP contribution in [0.4, 0.5) is 13.2 Å². The fourth-order valence-corrected chi connectivity index (χ4v) is 4.59. The van der Waals surface area contributed by atoms with E-state index in [0.717, 1.165) is 5.56 Å². The first kappa shape index (κ1) is 28.6. The van der Waals surface area contributed by atoms with Crippen LogP contribution in [0, 0.1) is 6.92 Å². The number of hydrogen-bond donors (Lipinski definition) is 2. The minimum Gasteiger partial charge on any atom is -0.378 e. The molecule has 222 valence electrons. The van der Waals surface area contributed by atoms with E-state index in [-0.39, 0.29) is 23.5 Å². The van der Waals surface area contributed by atoms with Gasteiger partial charge in [-0.05, 0) is 12.5 Å². The third-order valence-electron chi connectivity index (χ3n) is 6.85. The van der Waals surface area contributed by atoms with Crippen molar-refractivity contribution < 1.29 is 36.6 Å². The topological polar surface area (TPSA) is 140 Å². The van der Waals surface area contributed by atoms with Crippen molar-refractivity contribution in [3.05, 3.63) is 107 Å². The number of hydrogen-bond acceptors (Lipinski definition) is 9. The maximum absolute atomic E-state index is 14.0. The molecule has 0 radical (unpaired) electrons. The van der Waals surface area contributed by atoms with Crippen molar-refractivity contribution >= 4 is 5.91 Å². The molecule has 10 nitrogen and oxygen atoms in total. The number of nitrogens with one attached hydrogen (secondary N) is 1. The van der Waals surface area contributed by atoms with Crippen LogP contribution in [0.15, 0.2) is 98.5 Å². The number of aromatic nitrogens is 4. The number of aryl methyl sites for hydroxylation is 1. The van der Waals surface area contributed by atoms with Gasteiger partial charge in [-0.2, -0.15) is 18.2 Å². The maximum atomic E-state index is 14.0. The minimum atomic E-state index is -4.82. The third kappa shape index (κ3) is 5.60. The second-order valence-electron chi connectivity index (χ2n) is 9.70. The molecule has 13 heteroatoms. The van der Waals surface area contributed by atoms with E-state index in [4.69, 9.17) is 13.6 Å². The molecule has 0 bridgehead atoms. The lowest BCUT2D eigenvalue weighted by molar-refractivity contribution is -0.137. The Balaban J connectivity index is 1.17. The zero-order valence-electron chi connectivity index (χ0n) is 22.9. The zero-order valence-corrected chi connectivity index (χ0v) is 22.9. The monoisotopic (exact) mass is 601 g/mol. The highest BCUT2D eigenvalue weighted by Gasteiger charge is 2.43. The van der Waals surface area contributed by atoms with Gasteiger partial charge >= 0.3 is 6.18 Å². The minimum absolute atomic E-state index is 0.0346. The van der Waals surface area contributed by atoms with Gasteiger partial charge in [0.1, 0.15) is 22.7 Å². The molecule has 3 heterocycles. The van der Waals surface area contributed by atoms with Crippen molar-refractivity contribution in [3.8, 4) is 45.6 Å². The molecule has 0 spiro atoms. The van der Waals surface area contributed by atoms with Crippen molar-refractivity contribution in [3.63, 3.8) is 0 Å². The summed E-state index contributed by atoms with van der Waals surface area (Å²) in [5, 5.41) is 24.8. The average molecular weight is 602 g/mol.